The highest BCUT2D eigenvalue weighted by Gasteiger charge is 2.51. The van der Waals surface area contributed by atoms with Crippen LogP contribution in [0.15, 0.2) is 66.7 Å². The normalized spacial score (nSPS) is 15.8. The molecule has 0 saturated heterocycles. The lowest BCUT2D eigenvalue weighted by Crippen LogP contribution is -2.27. The Hall–Kier alpha value is -3.31. The van der Waals surface area contributed by atoms with Crippen LogP contribution < -0.4 is 20.5 Å². The van der Waals surface area contributed by atoms with Crippen molar-refractivity contribution in [3.63, 3.8) is 0 Å². The molecule has 3 N–H and O–H groups in total. The lowest BCUT2D eigenvalue weighted by molar-refractivity contribution is -0.118. The van der Waals surface area contributed by atoms with Crippen molar-refractivity contribution in [3.05, 3.63) is 77.9 Å². The fourth-order valence-corrected chi connectivity index (χ4v) is 3.87. The van der Waals surface area contributed by atoms with E-state index in [2.05, 4.69) is 17.4 Å². The van der Waals surface area contributed by atoms with Crippen LogP contribution in [0.5, 0.6) is 11.5 Å². The van der Waals surface area contributed by atoms with Gasteiger partial charge >= 0.3 is 0 Å². The third-order valence-corrected chi connectivity index (χ3v) is 5.73. The van der Waals surface area contributed by atoms with Crippen LogP contribution in [0.1, 0.15) is 28.2 Å². The van der Waals surface area contributed by atoms with Gasteiger partial charge in [-0.1, -0.05) is 36.4 Å². The van der Waals surface area contributed by atoms with Crippen LogP contribution in [0, 0.1) is 0 Å². The first-order valence-corrected chi connectivity index (χ1v) is 9.79. The number of hydrogen-bond donors (Lipinski definition) is 2. The van der Waals surface area contributed by atoms with E-state index >= 15 is 0 Å². The average Bonchev–Trinajstić information content (AvgIpc) is 3.45. The Morgan fingerprint density at radius 3 is 2.52 bits per heavy atom. The Bertz CT molecular complexity index is 1100. The van der Waals surface area contributed by atoms with Crippen LogP contribution in [0.4, 0.5) is 5.69 Å². The first-order valence-electron chi connectivity index (χ1n) is 9.79. The third-order valence-electron chi connectivity index (χ3n) is 5.73. The molecule has 1 aliphatic heterocycles. The predicted molar refractivity (Wildman–Crippen MR) is 118 cm³/mol. The van der Waals surface area contributed by atoms with E-state index in [1.165, 1.54) is 0 Å². The van der Waals surface area contributed by atoms with Crippen molar-refractivity contribution < 1.29 is 18.5 Å². The maximum absolute atomic E-state index is 13.1. The molecule has 1 saturated carbocycles. The van der Waals surface area contributed by atoms with Gasteiger partial charge in [-0.25, -0.2) is 0 Å². The SMILES string of the molecule is NCc1cccc(-c2cccc(NC(=O)C3(c4ccc5c(c4)OCO5)CC3)c2)c1.[HH].[HH].[HH]. The molecule has 0 bridgehead atoms. The Labute approximate surface area is 173 Å². The summed E-state index contributed by atoms with van der Waals surface area (Å²) in [6, 6.07) is 21.8. The van der Waals surface area contributed by atoms with Crippen molar-refractivity contribution >= 4 is 11.6 Å². The minimum absolute atomic E-state index is 0. The van der Waals surface area contributed by atoms with Crippen molar-refractivity contribution in [1.82, 2.24) is 0 Å². The molecule has 5 nitrogen and oxygen atoms in total. The molecule has 1 amide bonds. The number of nitrogens with one attached hydrogen (secondary N) is 1. The number of anilines is 1. The highest BCUT2D eigenvalue weighted by Crippen LogP contribution is 2.51. The predicted octanol–water partition coefficient (Wildman–Crippen LogP) is 4.95. The molecule has 152 valence electrons. The summed E-state index contributed by atoms with van der Waals surface area (Å²) in [4.78, 5) is 13.1. The maximum Gasteiger partial charge on any atom is 0.235 e. The van der Waals surface area contributed by atoms with Gasteiger partial charge in [-0.15, -0.1) is 0 Å². The minimum atomic E-state index is -0.490. The lowest BCUT2D eigenvalue weighted by Gasteiger charge is -2.17. The van der Waals surface area contributed by atoms with Crippen molar-refractivity contribution in [3.8, 4) is 22.6 Å². The summed E-state index contributed by atoms with van der Waals surface area (Å²) in [5.41, 5.74) is 10.3. The molecule has 2 aliphatic rings. The van der Waals surface area contributed by atoms with Gasteiger partial charge in [0.15, 0.2) is 11.5 Å². The van der Waals surface area contributed by atoms with E-state index < -0.39 is 5.41 Å². The lowest BCUT2D eigenvalue weighted by atomic mass is 9.94. The quantitative estimate of drug-likeness (QED) is 0.644. The summed E-state index contributed by atoms with van der Waals surface area (Å²) in [5, 5.41) is 3.11. The number of amides is 1. The van der Waals surface area contributed by atoms with Gasteiger partial charge in [-0.2, -0.15) is 0 Å². The monoisotopic (exact) mass is 392 g/mol. The Morgan fingerprint density at radius 1 is 0.966 bits per heavy atom. The van der Waals surface area contributed by atoms with Gasteiger partial charge in [0.2, 0.25) is 12.7 Å². The molecule has 3 aromatic carbocycles. The molecule has 1 fully saturated rings. The molecule has 5 heteroatoms. The summed E-state index contributed by atoms with van der Waals surface area (Å²) in [5.74, 6) is 1.46. The number of carbonyl (C=O) groups excluding carboxylic acids is 1. The molecular weight excluding hydrogens is 364 g/mol. The Morgan fingerprint density at radius 2 is 1.72 bits per heavy atom. The number of fused-ring (bicyclic) bond motifs is 1. The van der Waals surface area contributed by atoms with Gasteiger partial charge in [-0.05, 0) is 65.4 Å². The van der Waals surface area contributed by atoms with Crippen LogP contribution in [-0.2, 0) is 16.8 Å². The van der Waals surface area contributed by atoms with Gasteiger partial charge in [0.25, 0.3) is 0 Å². The summed E-state index contributed by atoms with van der Waals surface area (Å²) < 4.78 is 10.9. The summed E-state index contributed by atoms with van der Waals surface area (Å²) >= 11 is 0. The van der Waals surface area contributed by atoms with E-state index in [-0.39, 0.29) is 17.0 Å². The molecule has 0 spiro atoms. The zero-order valence-corrected chi connectivity index (χ0v) is 16.0. The van der Waals surface area contributed by atoms with Gasteiger partial charge in [0.05, 0.1) is 5.41 Å². The van der Waals surface area contributed by atoms with Crippen LogP contribution in [-0.4, -0.2) is 12.7 Å². The van der Waals surface area contributed by atoms with Crippen LogP contribution in [0.3, 0.4) is 0 Å². The van der Waals surface area contributed by atoms with E-state index in [0.717, 1.165) is 46.5 Å². The molecule has 0 atom stereocenters. The Balaban J connectivity index is 0.00000121. The Kier molecular flexibility index (Phi) is 4.25. The van der Waals surface area contributed by atoms with Crippen LogP contribution in [0.25, 0.3) is 11.1 Å². The number of benzene rings is 3. The molecule has 29 heavy (non-hydrogen) atoms. The van der Waals surface area contributed by atoms with Gasteiger partial charge in [-0.3, -0.25) is 4.79 Å². The van der Waals surface area contributed by atoms with Crippen molar-refractivity contribution in [2.24, 2.45) is 5.73 Å². The first kappa shape index (κ1) is 17.8. The number of rotatable bonds is 5. The smallest absolute Gasteiger partial charge is 0.235 e. The molecular formula is C24H28N2O3. The highest BCUT2D eigenvalue weighted by atomic mass is 16.7. The summed E-state index contributed by atoms with van der Waals surface area (Å²) in [7, 11) is 0. The van der Waals surface area contributed by atoms with E-state index in [1.807, 2.05) is 54.6 Å². The van der Waals surface area contributed by atoms with Gasteiger partial charge in [0.1, 0.15) is 0 Å². The molecule has 0 radical (unpaired) electrons. The summed E-state index contributed by atoms with van der Waals surface area (Å²) in [6.45, 7) is 0.735. The minimum Gasteiger partial charge on any atom is -0.454 e. The largest absolute Gasteiger partial charge is 0.454 e. The molecule has 5 rings (SSSR count). The van der Waals surface area contributed by atoms with Crippen LogP contribution in [0.2, 0.25) is 0 Å². The van der Waals surface area contributed by atoms with E-state index in [1.54, 1.807) is 0 Å². The number of ether oxygens (including phenoxy) is 2. The third kappa shape index (κ3) is 3.23. The van der Waals surface area contributed by atoms with Crippen molar-refractivity contribution in [1.29, 1.82) is 0 Å². The first-order chi connectivity index (χ1) is 14.2. The second-order valence-corrected chi connectivity index (χ2v) is 7.59. The fraction of sp³-hybridized carbons (Fsp3) is 0.208. The number of nitrogens with two attached hydrogens (primary N) is 1. The van der Waals surface area contributed by atoms with E-state index in [4.69, 9.17) is 15.2 Å². The van der Waals surface area contributed by atoms with Crippen molar-refractivity contribution in [2.45, 2.75) is 24.8 Å². The zero-order chi connectivity index (χ0) is 19.8. The summed E-state index contributed by atoms with van der Waals surface area (Å²) in [6.07, 6.45) is 1.66. The molecule has 0 unspecified atom stereocenters. The maximum atomic E-state index is 13.1. The fourth-order valence-electron chi connectivity index (χ4n) is 3.87. The van der Waals surface area contributed by atoms with E-state index in [9.17, 15) is 4.79 Å². The second-order valence-electron chi connectivity index (χ2n) is 7.59. The van der Waals surface area contributed by atoms with Gasteiger partial charge < -0.3 is 20.5 Å². The van der Waals surface area contributed by atoms with Crippen LogP contribution >= 0.6 is 0 Å². The standard InChI is InChI=1S/C24H22N2O3.3H2/c25-14-16-3-1-4-17(11-16)18-5-2-6-20(12-18)26-23(27)24(9-10-24)19-7-8-21-22(13-19)29-15-28-21;;;/h1-8,11-13H,9-10,14-15,25H2,(H,26,27);3*1H. The average molecular weight is 392 g/mol. The molecule has 3 aromatic rings. The van der Waals surface area contributed by atoms with E-state index in [0.29, 0.717) is 12.3 Å². The molecule has 1 heterocycles. The number of carbonyl (C=O) groups is 1. The second kappa shape index (κ2) is 6.94. The molecule has 1 aliphatic carbocycles. The topological polar surface area (TPSA) is 73.6 Å². The molecule has 0 aromatic heterocycles. The van der Waals surface area contributed by atoms with Crippen molar-refractivity contribution in [2.75, 3.05) is 12.1 Å². The zero-order valence-electron chi connectivity index (χ0n) is 16.0. The number of hydrogen-bond acceptors (Lipinski definition) is 4. The highest BCUT2D eigenvalue weighted by molar-refractivity contribution is 6.01. The van der Waals surface area contributed by atoms with Gasteiger partial charge in [0, 0.05) is 16.5 Å².